The molecule has 2 amide bonds. The molecule has 5 atom stereocenters. The first-order chi connectivity index (χ1) is 20.0. The van der Waals surface area contributed by atoms with Gasteiger partial charge in [0.25, 0.3) is 5.91 Å². The SMILES string of the molecule is C[C@H]1c2cccc(O)c2C(=O)C2=C(O)[C@]3(O)C(=O)C(C(N)=O)=C(O)C[C@@H]3[C@@H](OC(=O)Nc3ccc(Cl)cc3C(F)(F)F)[C@@H]21. The predicted octanol–water partition coefficient (Wildman–Crippen LogP) is 4.04. The molecule has 226 valence electrons. The topological polar surface area (TPSA) is 196 Å². The number of nitrogens with one attached hydrogen (secondary N) is 1. The summed E-state index contributed by atoms with van der Waals surface area (Å²) < 4.78 is 46.5. The fourth-order valence-electron chi connectivity index (χ4n) is 6.20. The maximum absolute atomic E-state index is 13.7. The monoisotopic (exact) mass is 622 g/mol. The third-order valence-electron chi connectivity index (χ3n) is 8.10. The van der Waals surface area contributed by atoms with E-state index in [0.29, 0.717) is 6.07 Å². The van der Waals surface area contributed by atoms with Crippen LogP contribution in [0.25, 0.3) is 0 Å². The van der Waals surface area contributed by atoms with Gasteiger partial charge in [-0.2, -0.15) is 13.2 Å². The number of anilines is 1. The molecule has 0 saturated heterocycles. The number of primary amides is 1. The molecule has 3 aliphatic carbocycles. The maximum atomic E-state index is 13.7. The molecule has 0 unspecified atom stereocenters. The zero-order valence-corrected chi connectivity index (χ0v) is 22.7. The molecule has 2 aromatic carbocycles. The van der Waals surface area contributed by atoms with Crippen LogP contribution in [0.5, 0.6) is 5.75 Å². The molecule has 0 radical (unpaired) electrons. The van der Waals surface area contributed by atoms with Crippen LogP contribution in [0.1, 0.15) is 40.7 Å². The third-order valence-corrected chi connectivity index (χ3v) is 8.34. The Morgan fingerprint density at radius 3 is 2.44 bits per heavy atom. The second-order valence-corrected chi connectivity index (χ2v) is 10.9. The lowest BCUT2D eigenvalue weighted by atomic mass is 9.56. The number of alkyl halides is 3. The van der Waals surface area contributed by atoms with E-state index in [4.69, 9.17) is 22.1 Å². The number of carbonyl (C=O) groups is 4. The number of nitrogens with two attached hydrogens (primary N) is 1. The van der Waals surface area contributed by atoms with E-state index in [-0.39, 0.29) is 16.1 Å². The van der Waals surface area contributed by atoms with Crippen LogP contribution in [-0.2, 0) is 20.5 Å². The highest BCUT2D eigenvalue weighted by molar-refractivity contribution is 6.30. The molecule has 15 heteroatoms. The van der Waals surface area contributed by atoms with E-state index in [1.165, 1.54) is 25.1 Å². The van der Waals surface area contributed by atoms with E-state index in [0.717, 1.165) is 12.1 Å². The molecule has 7 N–H and O–H groups in total. The Morgan fingerprint density at radius 2 is 1.81 bits per heavy atom. The van der Waals surface area contributed by atoms with Crippen molar-refractivity contribution in [3.05, 3.63) is 80.8 Å². The number of rotatable bonds is 3. The van der Waals surface area contributed by atoms with E-state index < -0.39 is 105 Å². The second kappa shape index (κ2) is 10.0. The van der Waals surface area contributed by atoms with Gasteiger partial charge in [0, 0.05) is 28.9 Å². The number of aliphatic hydroxyl groups is 3. The van der Waals surface area contributed by atoms with E-state index in [9.17, 15) is 52.8 Å². The van der Waals surface area contributed by atoms with Gasteiger partial charge in [0.2, 0.25) is 5.78 Å². The Labute approximate surface area is 245 Å². The number of phenols is 1. The number of allylic oxidation sites excluding steroid dienone is 1. The van der Waals surface area contributed by atoms with Crippen LogP contribution in [0.15, 0.2) is 59.1 Å². The molecular formula is C28H22ClF3N2O9. The summed E-state index contributed by atoms with van der Waals surface area (Å²) in [4.78, 5) is 52.2. The number of carbonyl (C=O) groups excluding carboxylic acids is 4. The Bertz CT molecular complexity index is 1690. The number of amides is 2. The molecule has 0 aliphatic heterocycles. The molecule has 3 aliphatic rings. The highest BCUT2D eigenvalue weighted by atomic mass is 35.5. The molecule has 0 aromatic heterocycles. The van der Waals surface area contributed by atoms with Gasteiger partial charge in [-0.05, 0) is 35.7 Å². The number of fused-ring (bicyclic) bond motifs is 3. The van der Waals surface area contributed by atoms with Gasteiger partial charge in [-0.25, -0.2) is 4.79 Å². The van der Waals surface area contributed by atoms with Crippen LogP contribution in [0.2, 0.25) is 5.02 Å². The van der Waals surface area contributed by atoms with Crippen LogP contribution in [0.4, 0.5) is 23.7 Å². The second-order valence-electron chi connectivity index (χ2n) is 10.4. The molecule has 0 fully saturated rings. The largest absolute Gasteiger partial charge is 0.511 e. The van der Waals surface area contributed by atoms with Gasteiger partial charge in [-0.1, -0.05) is 30.7 Å². The quantitative estimate of drug-likeness (QED) is 0.274. The number of ether oxygens (including phenoxy) is 1. The van der Waals surface area contributed by atoms with Crippen LogP contribution >= 0.6 is 11.6 Å². The van der Waals surface area contributed by atoms with E-state index in [1.807, 2.05) is 5.32 Å². The number of ketones is 2. The third kappa shape index (κ3) is 4.48. The molecule has 0 heterocycles. The zero-order chi connectivity index (χ0) is 31.8. The summed E-state index contributed by atoms with van der Waals surface area (Å²) in [6.07, 6.45) is -9.01. The lowest BCUT2D eigenvalue weighted by Crippen LogP contribution is -2.63. The number of hydrogen-bond donors (Lipinski definition) is 6. The standard InChI is InChI=1S/C28H22ClF3N2O9/c1-9-11-3-2-4-15(35)18(11)21(37)20-17(9)22(13-8-16(36)19(25(33)40)23(38)27(13,42)24(20)39)43-26(41)34-14-6-5-10(29)7-12(14)28(30,31)32/h2-7,9,13,17,22,35-36,39,42H,8H2,1H3,(H2,33,40)(H,34,41)/t9-,13+,17+,22+,27+/m0/s1. The van der Waals surface area contributed by atoms with E-state index in [1.54, 1.807) is 0 Å². The summed E-state index contributed by atoms with van der Waals surface area (Å²) in [6, 6.07) is 6.58. The highest BCUT2D eigenvalue weighted by Crippen LogP contribution is 2.55. The van der Waals surface area contributed by atoms with E-state index >= 15 is 0 Å². The number of halogens is 4. The van der Waals surface area contributed by atoms with Crippen LogP contribution in [0.3, 0.4) is 0 Å². The number of phenolic OH excluding ortho intramolecular Hbond substituents is 1. The van der Waals surface area contributed by atoms with Gasteiger partial charge < -0.3 is 30.9 Å². The van der Waals surface area contributed by atoms with Gasteiger partial charge in [0.1, 0.15) is 28.9 Å². The molecule has 0 spiro atoms. The number of Topliss-reactive ketones (excluding diaryl/α,β-unsaturated/α-hetero) is 2. The minimum atomic E-state index is -4.95. The molecule has 2 aromatic rings. The van der Waals surface area contributed by atoms with Crippen molar-refractivity contribution >= 4 is 40.9 Å². The summed E-state index contributed by atoms with van der Waals surface area (Å²) in [5.41, 5.74) is -1.74. The summed E-state index contributed by atoms with van der Waals surface area (Å²) in [6.45, 7) is 1.53. The fourth-order valence-corrected chi connectivity index (χ4v) is 6.37. The Morgan fingerprint density at radius 1 is 1.14 bits per heavy atom. The normalized spacial score (nSPS) is 26.8. The number of hydrogen-bond acceptors (Lipinski definition) is 9. The van der Waals surface area contributed by atoms with Crippen molar-refractivity contribution in [1.29, 1.82) is 0 Å². The van der Waals surface area contributed by atoms with Crippen molar-refractivity contribution in [2.75, 3.05) is 5.32 Å². The predicted molar refractivity (Wildman–Crippen MR) is 141 cm³/mol. The van der Waals surface area contributed by atoms with Gasteiger partial charge in [-0.3, -0.25) is 19.7 Å². The van der Waals surface area contributed by atoms with Crippen molar-refractivity contribution in [2.24, 2.45) is 17.6 Å². The molecule has 0 bridgehead atoms. The van der Waals surface area contributed by atoms with Crippen molar-refractivity contribution in [3.63, 3.8) is 0 Å². The first kappa shape index (κ1) is 29.9. The molecular weight excluding hydrogens is 601 g/mol. The van der Waals surface area contributed by atoms with Gasteiger partial charge in [-0.15, -0.1) is 0 Å². The minimum Gasteiger partial charge on any atom is -0.511 e. The molecule has 43 heavy (non-hydrogen) atoms. The van der Waals surface area contributed by atoms with Crippen molar-refractivity contribution in [3.8, 4) is 5.75 Å². The summed E-state index contributed by atoms with van der Waals surface area (Å²) in [7, 11) is 0. The first-order valence-corrected chi connectivity index (χ1v) is 13.0. The van der Waals surface area contributed by atoms with Crippen LogP contribution in [-0.4, -0.2) is 55.7 Å². The minimum absolute atomic E-state index is 0.239. The fraction of sp³-hybridized carbons (Fsp3) is 0.286. The first-order valence-electron chi connectivity index (χ1n) is 12.6. The van der Waals surface area contributed by atoms with Gasteiger partial charge in [0.15, 0.2) is 11.4 Å². The molecule has 0 saturated carbocycles. The zero-order valence-electron chi connectivity index (χ0n) is 21.9. The summed E-state index contributed by atoms with van der Waals surface area (Å²) >= 11 is 5.70. The number of benzene rings is 2. The van der Waals surface area contributed by atoms with Crippen molar-refractivity contribution in [2.45, 2.75) is 37.1 Å². The van der Waals surface area contributed by atoms with Crippen molar-refractivity contribution in [1.82, 2.24) is 0 Å². The average Bonchev–Trinajstić information content (AvgIpc) is 2.90. The average molecular weight is 623 g/mol. The molecule has 5 rings (SSSR count). The van der Waals surface area contributed by atoms with Crippen LogP contribution < -0.4 is 11.1 Å². The van der Waals surface area contributed by atoms with Gasteiger partial charge >= 0.3 is 12.3 Å². The Kier molecular flexibility index (Phi) is 6.97. The lowest BCUT2D eigenvalue weighted by molar-refractivity contribution is -0.154. The highest BCUT2D eigenvalue weighted by Gasteiger charge is 2.65. The van der Waals surface area contributed by atoms with Crippen molar-refractivity contribution < 1.29 is 57.5 Å². The molecule has 11 nitrogen and oxygen atoms in total. The number of aromatic hydroxyl groups is 1. The number of aliphatic hydroxyl groups excluding tert-OH is 2. The maximum Gasteiger partial charge on any atom is 0.418 e. The van der Waals surface area contributed by atoms with E-state index in [2.05, 4.69) is 0 Å². The summed E-state index contributed by atoms with van der Waals surface area (Å²) in [5.74, 6) is -10.7. The smallest absolute Gasteiger partial charge is 0.418 e. The van der Waals surface area contributed by atoms with Crippen LogP contribution in [0, 0.1) is 11.8 Å². The Balaban J connectivity index is 1.66. The summed E-state index contributed by atoms with van der Waals surface area (Å²) in [5, 5.41) is 45.7. The lowest BCUT2D eigenvalue weighted by Gasteiger charge is -2.50. The Hall–Kier alpha value is -4.56. The van der Waals surface area contributed by atoms with Gasteiger partial charge in [0.05, 0.1) is 16.8 Å².